The van der Waals surface area contributed by atoms with Crippen molar-refractivity contribution in [3.05, 3.63) is 131 Å². The lowest BCUT2D eigenvalue weighted by atomic mass is 9.52. The molecule has 6 aromatic carbocycles. The van der Waals surface area contributed by atoms with Crippen molar-refractivity contribution in [2.24, 2.45) is 10.8 Å². The van der Waals surface area contributed by atoms with E-state index < -0.39 is 5.60 Å². The number of rotatable bonds is 8. The average molecular weight is 805 g/mol. The zero-order valence-electron chi connectivity index (χ0n) is 35.4. The first-order chi connectivity index (χ1) is 28.3. The van der Waals surface area contributed by atoms with Crippen LogP contribution >= 0.6 is 11.8 Å². The van der Waals surface area contributed by atoms with Crippen LogP contribution in [0.5, 0.6) is 34.5 Å². The minimum absolute atomic E-state index is 0.0595. The van der Waals surface area contributed by atoms with Crippen molar-refractivity contribution < 1.29 is 28.8 Å². The lowest BCUT2D eigenvalue weighted by Crippen LogP contribution is -2.44. The molecule has 1 spiro atoms. The molecule has 0 unspecified atom stereocenters. The third kappa shape index (κ3) is 6.15. The van der Waals surface area contributed by atoms with E-state index in [2.05, 4.69) is 94.6 Å². The first-order valence-corrected chi connectivity index (χ1v) is 21.5. The summed E-state index contributed by atoms with van der Waals surface area (Å²) < 4.78 is 30.5. The van der Waals surface area contributed by atoms with Gasteiger partial charge in [0.15, 0.2) is 5.60 Å². The molecule has 7 heteroatoms. The zero-order valence-corrected chi connectivity index (χ0v) is 36.2. The Morgan fingerprint density at radius 3 is 1.78 bits per heavy atom. The van der Waals surface area contributed by atoms with Crippen molar-refractivity contribution in [3.8, 4) is 56.8 Å². The highest BCUT2D eigenvalue weighted by Gasteiger charge is 2.55. The number of hydrogen-bond acceptors (Lipinski definition) is 7. The summed E-state index contributed by atoms with van der Waals surface area (Å²) in [6.45, 7) is 9.74. The van der Waals surface area contributed by atoms with Crippen LogP contribution in [0, 0.1) is 10.8 Å². The second kappa shape index (κ2) is 14.0. The first-order valence-electron chi connectivity index (χ1n) is 20.2. The van der Waals surface area contributed by atoms with Crippen LogP contribution in [0.3, 0.4) is 0 Å². The lowest BCUT2D eigenvalue weighted by Gasteiger charge is -2.52. The smallest absolute Gasteiger partial charge is 0.178 e. The monoisotopic (exact) mass is 804 g/mol. The molecule has 1 heterocycles. The van der Waals surface area contributed by atoms with E-state index in [0.717, 1.165) is 69.5 Å². The Morgan fingerprint density at radius 2 is 1.20 bits per heavy atom. The molecular weight excluding hydrogens is 753 g/mol. The molecule has 1 N–H and O–H groups in total. The van der Waals surface area contributed by atoms with Crippen LogP contribution < -0.4 is 23.7 Å². The molecule has 0 atom stereocenters. The van der Waals surface area contributed by atoms with E-state index in [1.807, 2.05) is 48.5 Å². The Kier molecular flexibility index (Phi) is 9.28. The maximum Gasteiger partial charge on any atom is 0.178 e. The van der Waals surface area contributed by atoms with E-state index in [1.54, 1.807) is 40.2 Å². The highest BCUT2D eigenvalue weighted by Crippen LogP contribution is 2.67. The predicted molar refractivity (Wildman–Crippen MR) is 240 cm³/mol. The van der Waals surface area contributed by atoms with Crippen LogP contribution in [0.25, 0.3) is 39.1 Å². The summed E-state index contributed by atoms with van der Waals surface area (Å²) in [5.74, 6) is 3.74. The Labute approximate surface area is 352 Å². The van der Waals surface area contributed by atoms with Gasteiger partial charge in [-0.2, -0.15) is 0 Å². The summed E-state index contributed by atoms with van der Waals surface area (Å²) in [6, 6.07) is 33.0. The number of aromatic hydroxyl groups is 1. The molecule has 6 aromatic rings. The zero-order chi connectivity index (χ0) is 41.5. The summed E-state index contributed by atoms with van der Waals surface area (Å²) >= 11 is 1.78. The first kappa shape index (κ1) is 39.0. The van der Waals surface area contributed by atoms with Gasteiger partial charge < -0.3 is 28.8 Å². The van der Waals surface area contributed by atoms with E-state index in [4.69, 9.17) is 23.7 Å². The minimum Gasteiger partial charge on any atom is -0.507 e. The van der Waals surface area contributed by atoms with Gasteiger partial charge >= 0.3 is 0 Å². The second-order valence-corrected chi connectivity index (χ2v) is 18.8. The lowest BCUT2D eigenvalue weighted by molar-refractivity contribution is 0.0641. The minimum atomic E-state index is -1.02. The molecule has 1 aliphatic heterocycles. The summed E-state index contributed by atoms with van der Waals surface area (Å²) in [6.07, 6.45) is 9.82. The Balaban J connectivity index is 1.41. The van der Waals surface area contributed by atoms with Crippen molar-refractivity contribution >= 4 is 28.6 Å². The summed E-state index contributed by atoms with van der Waals surface area (Å²) in [4.78, 5) is 1.25. The summed E-state index contributed by atoms with van der Waals surface area (Å²) in [5.41, 5.74) is 8.24. The maximum atomic E-state index is 12.2. The number of methoxy groups -OCH3 is 4. The number of ether oxygens (including phenoxy) is 5. The molecule has 0 saturated heterocycles. The number of hydrogen-bond donors (Lipinski definition) is 1. The molecule has 3 aliphatic rings. The highest BCUT2D eigenvalue weighted by molar-refractivity contribution is 7.98. The van der Waals surface area contributed by atoms with Gasteiger partial charge in [0.2, 0.25) is 0 Å². The van der Waals surface area contributed by atoms with Crippen LogP contribution in [-0.4, -0.2) is 39.8 Å². The third-order valence-corrected chi connectivity index (χ3v) is 13.6. The van der Waals surface area contributed by atoms with E-state index in [9.17, 15) is 5.11 Å². The second-order valence-electron chi connectivity index (χ2n) is 18.0. The number of benzene rings is 6. The highest BCUT2D eigenvalue weighted by atomic mass is 32.2. The van der Waals surface area contributed by atoms with E-state index >= 15 is 0 Å². The molecule has 6 nitrogen and oxygen atoms in total. The molecule has 59 heavy (non-hydrogen) atoms. The molecule has 2 aliphatic carbocycles. The van der Waals surface area contributed by atoms with Gasteiger partial charge in [-0.15, -0.1) is 11.8 Å². The van der Waals surface area contributed by atoms with E-state index in [-0.39, 0.29) is 22.0 Å². The van der Waals surface area contributed by atoms with Crippen molar-refractivity contribution in [3.63, 3.8) is 0 Å². The molecule has 0 aromatic heterocycles. The van der Waals surface area contributed by atoms with Crippen molar-refractivity contribution in [1.29, 1.82) is 0 Å². The largest absolute Gasteiger partial charge is 0.507 e. The fraction of sp³-hybridized carbons (Fsp3) is 0.308. The maximum absolute atomic E-state index is 12.2. The van der Waals surface area contributed by atoms with Gasteiger partial charge in [-0.25, -0.2) is 0 Å². The number of thioether (sulfide) groups is 1. The van der Waals surface area contributed by atoms with Gasteiger partial charge in [0.25, 0.3) is 0 Å². The molecule has 1 saturated carbocycles. The van der Waals surface area contributed by atoms with Crippen LogP contribution in [0.2, 0.25) is 0 Å². The molecule has 0 radical (unpaired) electrons. The van der Waals surface area contributed by atoms with E-state index in [0.29, 0.717) is 17.1 Å². The van der Waals surface area contributed by atoms with Gasteiger partial charge in [-0.05, 0) is 131 Å². The normalized spacial score (nSPS) is 17.4. The standard InChI is InChI=1S/C52H52O6S/c1-49(2)28-50(3,4)30-51(29-49)43-25-36(59-9)19-21-38(43)46-41-27-44(53)40(37-20-18-35(56-7)24-45(37)57-8)26-42(41)48-39(47(46)51)22-23-52(58-48,31-10-14-33(54-5)15-11-31)32-12-16-34(55-6)17-13-32/h10-27,53H,28-30H2,1-9H3. The fourth-order valence-electron chi connectivity index (χ4n) is 11.2. The molecule has 302 valence electrons. The number of phenolic OH excluding ortho intramolecular Hbond substituents is 1. The SMILES string of the molecule is COc1ccc(C2(c3ccc(OC)cc3)C=Cc3c4c(c5cc(O)c(-c6ccc(OC)cc6OC)cc5c3O2)-c2ccc(SC)cc2C42CC(C)(C)CC(C)(C)C2)cc1. The van der Waals surface area contributed by atoms with Gasteiger partial charge in [0, 0.05) is 49.6 Å². The Bertz CT molecular complexity index is 2590. The van der Waals surface area contributed by atoms with Gasteiger partial charge in [-0.1, -0.05) is 64.1 Å². The van der Waals surface area contributed by atoms with Gasteiger partial charge in [0.1, 0.15) is 34.5 Å². The number of fused-ring (bicyclic) bond motifs is 10. The van der Waals surface area contributed by atoms with Crippen molar-refractivity contribution in [2.45, 2.75) is 62.9 Å². The van der Waals surface area contributed by atoms with Gasteiger partial charge in [-0.3, -0.25) is 0 Å². The quantitative estimate of drug-likeness (QED) is 0.154. The topological polar surface area (TPSA) is 66.4 Å². The van der Waals surface area contributed by atoms with Gasteiger partial charge in [0.05, 0.1) is 28.4 Å². The van der Waals surface area contributed by atoms with Crippen molar-refractivity contribution in [2.75, 3.05) is 34.7 Å². The molecule has 0 bridgehead atoms. The Morgan fingerprint density at radius 1 is 0.610 bits per heavy atom. The van der Waals surface area contributed by atoms with Crippen LogP contribution in [-0.2, 0) is 11.0 Å². The predicted octanol–water partition coefficient (Wildman–Crippen LogP) is 12.8. The molecule has 9 rings (SSSR count). The molecular formula is C52H52O6S. The molecule has 1 fully saturated rings. The average Bonchev–Trinajstić information content (AvgIpc) is 3.49. The summed E-state index contributed by atoms with van der Waals surface area (Å²) in [7, 11) is 6.65. The third-order valence-electron chi connectivity index (χ3n) is 12.9. The fourth-order valence-corrected chi connectivity index (χ4v) is 11.7. The van der Waals surface area contributed by atoms with E-state index in [1.165, 1.54) is 27.1 Å². The summed E-state index contributed by atoms with van der Waals surface area (Å²) in [5, 5.41) is 14.1. The van der Waals surface area contributed by atoms with Crippen LogP contribution in [0.4, 0.5) is 0 Å². The van der Waals surface area contributed by atoms with Crippen molar-refractivity contribution in [1.82, 2.24) is 0 Å². The Hall–Kier alpha value is -5.53. The van der Waals surface area contributed by atoms with Crippen LogP contribution in [0.1, 0.15) is 74.8 Å². The van der Waals surface area contributed by atoms with Crippen LogP contribution in [0.15, 0.2) is 108 Å². The molecule has 0 amide bonds. The number of phenols is 1.